The SMILES string of the molecule is COC(=O)CC[C@H](C)[C@H]1CC[C@H]2[C@@H]3CC[C@H]4C[C@H](OC(C)=O)CC[C@]4(C)[C@H]3[C@@H](Br)[C@H](Br)[C@]12C. The number of carbonyl (C=O) groups is 2. The number of fused-ring (bicyclic) bond motifs is 5. The Bertz CT molecular complexity index is 758. The molecule has 6 heteroatoms. The van der Waals surface area contributed by atoms with Crippen molar-refractivity contribution in [3.8, 4) is 0 Å². The number of ether oxygens (including phenoxy) is 2. The van der Waals surface area contributed by atoms with Gasteiger partial charge in [0.15, 0.2) is 0 Å². The molecular formula is C27H42Br2O4. The van der Waals surface area contributed by atoms with E-state index >= 15 is 0 Å². The van der Waals surface area contributed by atoms with Gasteiger partial charge in [0.1, 0.15) is 6.10 Å². The summed E-state index contributed by atoms with van der Waals surface area (Å²) >= 11 is 8.52. The van der Waals surface area contributed by atoms with E-state index in [1.54, 1.807) is 6.92 Å². The summed E-state index contributed by atoms with van der Waals surface area (Å²) < 4.78 is 10.6. The zero-order chi connectivity index (χ0) is 24.1. The fourth-order valence-corrected chi connectivity index (χ4v) is 11.7. The fourth-order valence-electron chi connectivity index (χ4n) is 9.13. The maximum Gasteiger partial charge on any atom is 0.305 e. The largest absolute Gasteiger partial charge is 0.469 e. The first-order chi connectivity index (χ1) is 15.5. The highest BCUT2D eigenvalue weighted by Crippen LogP contribution is 2.70. The molecule has 4 saturated carbocycles. The maximum atomic E-state index is 11.8. The molecule has 11 atom stereocenters. The Balaban J connectivity index is 1.55. The molecule has 0 spiro atoms. The lowest BCUT2D eigenvalue weighted by molar-refractivity contribution is -0.158. The quantitative estimate of drug-likeness (QED) is 0.258. The van der Waals surface area contributed by atoms with Gasteiger partial charge in [0, 0.05) is 23.0 Å². The molecule has 0 aromatic rings. The van der Waals surface area contributed by atoms with Crippen LogP contribution in [0, 0.1) is 46.3 Å². The van der Waals surface area contributed by atoms with Crippen molar-refractivity contribution in [1.82, 2.24) is 0 Å². The molecule has 4 nitrogen and oxygen atoms in total. The first kappa shape index (κ1) is 26.0. The summed E-state index contributed by atoms with van der Waals surface area (Å²) in [5, 5.41) is 0. The van der Waals surface area contributed by atoms with Crippen LogP contribution in [0.1, 0.15) is 85.5 Å². The van der Waals surface area contributed by atoms with Gasteiger partial charge in [0.2, 0.25) is 0 Å². The van der Waals surface area contributed by atoms with E-state index in [1.165, 1.54) is 32.8 Å². The summed E-state index contributed by atoms with van der Waals surface area (Å²) in [5.74, 6) is 3.69. The molecule has 33 heavy (non-hydrogen) atoms. The van der Waals surface area contributed by atoms with E-state index in [1.807, 2.05) is 0 Å². The predicted octanol–water partition coefficient (Wildman–Crippen LogP) is 6.91. The second-order valence-corrected chi connectivity index (χ2v) is 14.1. The van der Waals surface area contributed by atoms with Crippen molar-refractivity contribution < 1.29 is 19.1 Å². The van der Waals surface area contributed by atoms with E-state index in [9.17, 15) is 9.59 Å². The molecule has 0 unspecified atom stereocenters. The number of carbonyl (C=O) groups excluding carboxylic acids is 2. The van der Waals surface area contributed by atoms with Crippen molar-refractivity contribution in [2.24, 2.45) is 46.3 Å². The molecule has 4 fully saturated rings. The second kappa shape index (κ2) is 9.75. The third kappa shape index (κ3) is 4.36. The van der Waals surface area contributed by atoms with Crippen molar-refractivity contribution in [3.05, 3.63) is 0 Å². The number of halogens is 2. The van der Waals surface area contributed by atoms with Gasteiger partial charge in [-0.15, -0.1) is 0 Å². The molecule has 0 saturated heterocycles. The molecule has 0 aromatic carbocycles. The number of esters is 2. The Morgan fingerprint density at radius 1 is 1.09 bits per heavy atom. The van der Waals surface area contributed by atoms with Crippen LogP contribution in [-0.4, -0.2) is 34.8 Å². The highest BCUT2D eigenvalue weighted by Gasteiger charge is 2.66. The van der Waals surface area contributed by atoms with Gasteiger partial charge >= 0.3 is 11.9 Å². The van der Waals surface area contributed by atoms with Gasteiger partial charge in [-0.25, -0.2) is 0 Å². The monoisotopic (exact) mass is 588 g/mol. The molecule has 4 aliphatic carbocycles. The Kier molecular flexibility index (Phi) is 7.67. The van der Waals surface area contributed by atoms with Crippen molar-refractivity contribution in [2.75, 3.05) is 7.11 Å². The van der Waals surface area contributed by atoms with Crippen molar-refractivity contribution >= 4 is 43.8 Å². The summed E-state index contributed by atoms with van der Waals surface area (Å²) in [7, 11) is 1.49. The molecule has 0 amide bonds. The normalized spacial score (nSPS) is 47.6. The van der Waals surface area contributed by atoms with Gasteiger partial charge in [-0.05, 0) is 97.7 Å². The minimum absolute atomic E-state index is 0.0883. The molecule has 0 aromatic heterocycles. The fraction of sp³-hybridized carbons (Fsp3) is 0.926. The van der Waals surface area contributed by atoms with E-state index in [4.69, 9.17) is 9.47 Å². The molecule has 4 aliphatic rings. The molecule has 0 radical (unpaired) electrons. The topological polar surface area (TPSA) is 52.6 Å². The van der Waals surface area contributed by atoms with Crippen LogP contribution in [0.25, 0.3) is 0 Å². The lowest BCUT2D eigenvalue weighted by Crippen LogP contribution is -2.62. The summed E-state index contributed by atoms with van der Waals surface area (Å²) in [4.78, 5) is 24.2. The minimum atomic E-state index is -0.136. The van der Waals surface area contributed by atoms with Crippen LogP contribution in [0.4, 0.5) is 0 Å². The Hall–Kier alpha value is -0.100. The van der Waals surface area contributed by atoms with E-state index in [0.29, 0.717) is 45.2 Å². The number of hydrogen-bond donors (Lipinski definition) is 0. The molecule has 0 aliphatic heterocycles. The maximum absolute atomic E-state index is 11.8. The van der Waals surface area contributed by atoms with Crippen LogP contribution < -0.4 is 0 Å². The van der Waals surface area contributed by atoms with Crippen LogP contribution in [-0.2, 0) is 19.1 Å². The third-order valence-electron chi connectivity index (χ3n) is 10.7. The van der Waals surface area contributed by atoms with Gasteiger partial charge < -0.3 is 9.47 Å². The standard InChI is InChI=1S/C27H42Br2O4/c1-15(6-11-22(31)32-5)20-9-10-21-19-8-7-17-14-18(33-16(2)30)12-13-26(17,3)23(19)24(28)25(29)27(20,21)4/h15,17-21,23-25H,6-14H2,1-5H3/t15-,17-,18+,19-,20+,21-,23+,24+,25-,26-,27+/m0/s1. The first-order valence-electron chi connectivity index (χ1n) is 13.1. The van der Waals surface area contributed by atoms with Crippen LogP contribution in [0.3, 0.4) is 0 Å². The van der Waals surface area contributed by atoms with E-state index < -0.39 is 0 Å². The highest BCUT2D eigenvalue weighted by molar-refractivity contribution is 9.12. The Labute approximate surface area is 216 Å². The first-order valence-corrected chi connectivity index (χ1v) is 14.9. The van der Waals surface area contributed by atoms with Crippen molar-refractivity contribution in [3.63, 3.8) is 0 Å². The van der Waals surface area contributed by atoms with Gasteiger partial charge in [-0.3, -0.25) is 9.59 Å². The summed E-state index contributed by atoms with van der Waals surface area (Å²) in [6.45, 7) is 8.98. The van der Waals surface area contributed by atoms with Crippen LogP contribution in [0.15, 0.2) is 0 Å². The summed E-state index contributed by atoms with van der Waals surface area (Å²) in [6, 6.07) is 0. The molecule has 0 heterocycles. The lowest BCUT2D eigenvalue weighted by atomic mass is 9.44. The predicted molar refractivity (Wildman–Crippen MR) is 137 cm³/mol. The molecular weight excluding hydrogens is 548 g/mol. The average molecular weight is 590 g/mol. The van der Waals surface area contributed by atoms with Gasteiger partial charge in [0.05, 0.1) is 7.11 Å². The van der Waals surface area contributed by atoms with E-state index in [2.05, 4.69) is 52.6 Å². The van der Waals surface area contributed by atoms with Gasteiger partial charge in [-0.2, -0.15) is 0 Å². The summed E-state index contributed by atoms with van der Waals surface area (Å²) in [6.07, 6.45) is 9.85. The highest BCUT2D eigenvalue weighted by atomic mass is 79.9. The molecule has 0 N–H and O–H groups in total. The lowest BCUT2D eigenvalue weighted by Gasteiger charge is -2.64. The second-order valence-electron chi connectivity index (χ2n) is 12.1. The zero-order valence-electron chi connectivity index (χ0n) is 20.9. The van der Waals surface area contributed by atoms with E-state index in [-0.39, 0.29) is 23.5 Å². The third-order valence-corrected chi connectivity index (χ3v) is 14.1. The number of hydrogen-bond acceptors (Lipinski definition) is 4. The average Bonchev–Trinajstić information content (AvgIpc) is 3.13. The zero-order valence-corrected chi connectivity index (χ0v) is 24.1. The van der Waals surface area contributed by atoms with Crippen LogP contribution in [0.5, 0.6) is 0 Å². The summed E-state index contributed by atoms with van der Waals surface area (Å²) in [5.41, 5.74) is 0.540. The Morgan fingerprint density at radius 3 is 2.48 bits per heavy atom. The Morgan fingerprint density at radius 2 is 1.82 bits per heavy atom. The molecule has 188 valence electrons. The number of methoxy groups -OCH3 is 1. The van der Waals surface area contributed by atoms with Crippen molar-refractivity contribution in [2.45, 2.75) is 101 Å². The number of rotatable bonds is 5. The van der Waals surface area contributed by atoms with Crippen LogP contribution >= 0.6 is 31.9 Å². The van der Waals surface area contributed by atoms with Crippen molar-refractivity contribution in [1.29, 1.82) is 0 Å². The van der Waals surface area contributed by atoms with E-state index in [0.717, 1.165) is 37.5 Å². The number of alkyl halides is 2. The van der Waals surface area contributed by atoms with Gasteiger partial charge in [-0.1, -0.05) is 52.6 Å². The smallest absolute Gasteiger partial charge is 0.305 e. The minimum Gasteiger partial charge on any atom is -0.469 e. The van der Waals surface area contributed by atoms with Crippen LogP contribution in [0.2, 0.25) is 0 Å². The van der Waals surface area contributed by atoms with Gasteiger partial charge in [0.25, 0.3) is 0 Å². The molecule has 0 bridgehead atoms. The molecule has 4 rings (SSSR count).